The second kappa shape index (κ2) is 5.41. The van der Waals surface area contributed by atoms with Gasteiger partial charge in [-0.3, -0.25) is 4.79 Å². The molecular weight excluding hydrogens is 267 g/mol. The molecule has 2 rings (SSSR count). The van der Waals surface area contributed by atoms with Crippen molar-refractivity contribution in [2.45, 2.75) is 13.8 Å². The fourth-order valence-corrected chi connectivity index (χ4v) is 1.83. The van der Waals surface area contributed by atoms with Gasteiger partial charge in [-0.25, -0.2) is 4.39 Å². The van der Waals surface area contributed by atoms with E-state index in [1.165, 1.54) is 19.1 Å². The van der Waals surface area contributed by atoms with Crippen LogP contribution in [0.1, 0.15) is 22.8 Å². The van der Waals surface area contributed by atoms with Gasteiger partial charge < -0.3 is 4.74 Å². The van der Waals surface area contributed by atoms with Crippen LogP contribution in [0.15, 0.2) is 36.4 Å². The predicted molar refractivity (Wildman–Crippen MR) is 72.7 cm³/mol. The van der Waals surface area contributed by atoms with E-state index in [0.717, 1.165) is 0 Å². The number of carbonyl (C=O) groups is 1. The molecule has 0 atom stereocenters. The maximum atomic E-state index is 13.1. The summed E-state index contributed by atoms with van der Waals surface area (Å²) < 4.78 is 18.7. The van der Waals surface area contributed by atoms with Crippen LogP contribution in [-0.4, -0.2) is 5.78 Å². The lowest BCUT2D eigenvalue weighted by atomic mass is 10.1. The average molecular weight is 279 g/mol. The topological polar surface area (TPSA) is 26.3 Å². The molecule has 2 aromatic carbocycles. The second-order valence-electron chi connectivity index (χ2n) is 4.21. The van der Waals surface area contributed by atoms with Crippen molar-refractivity contribution in [3.63, 3.8) is 0 Å². The minimum atomic E-state index is -0.287. The molecule has 0 bridgehead atoms. The Labute approximate surface area is 115 Å². The molecule has 19 heavy (non-hydrogen) atoms. The molecule has 0 saturated carbocycles. The summed E-state index contributed by atoms with van der Waals surface area (Å²) in [7, 11) is 0. The van der Waals surface area contributed by atoms with E-state index in [0.29, 0.717) is 27.6 Å². The van der Waals surface area contributed by atoms with E-state index in [1.54, 1.807) is 31.2 Å². The molecule has 0 fully saturated rings. The van der Waals surface area contributed by atoms with Gasteiger partial charge in [0.1, 0.15) is 17.3 Å². The average Bonchev–Trinajstić information content (AvgIpc) is 2.36. The molecule has 0 aromatic heterocycles. The first-order valence-corrected chi connectivity index (χ1v) is 6.09. The number of ketones is 1. The Balaban J connectivity index is 2.28. The Morgan fingerprint density at radius 3 is 2.53 bits per heavy atom. The number of benzene rings is 2. The van der Waals surface area contributed by atoms with Crippen LogP contribution in [0.3, 0.4) is 0 Å². The van der Waals surface area contributed by atoms with E-state index in [1.807, 2.05) is 0 Å². The molecule has 0 aliphatic rings. The minimum absolute atomic E-state index is 0.0638. The summed E-state index contributed by atoms with van der Waals surface area (Å²) in [6.07, 6.45) is 0. The van der Waals surface area contributed by atoms with Crippen molar-refractivity contribution in [1.29, 1.82) is 0 Å². The smallest absolute Gasteiger partial charge is 0.159 e. The maximum Gasteiger partial charge on any atom is 0.159 e. The van der Waals surface area contributed by atoms with Gasteiger partial charge in [-0.15, -0.1) is 0 Å². The number of Topliss-reactive ketones (excluding diaryl/α,β-unsaturated/α-hetero) is 1. The van der Waals surface area contributed by atoms with Crippen molar-refractivity contribution >= 4 is 17.4 Å². The van der Waals surface area contributed by atoms with Crippen molar-refractivity contribution in [3.8, 4) is 11.5 Å². The summed E-state index contributed by atoms with van der Waals surface area (Å²) in [6.45, 7) is 3.12. The third-order valence-electron chi connectivity index (χ3n) is 2.70. The molecule has 0 spiro atoms. The lowest BCUT2D eigenvalue weighted by Gasteiger charge is -2.09. The minimum Gasteiger partial charge on any atom is -0.456 e. The SMILES string of the molecule is CC(=O)c1ccc(Oc2ccc(F)c(C)c2)c(Cl)c1. The summed E-state index contributed by atoms with van der Waals surface area (Å²) in [5.41, 5.74) is 1.02. The Morgan fingerprint density at radius 1 is 1.21 bits per heavy atom. The lowest BCUT2D eigenvalue weighted by molar-refractivity contribution is 0.101. The molecule has 0 N–H and O–H groups in total. The van der Waals surface area contributed by atoms with Gasteiger partial charge >= 0.3 is 0 Å². The van der Waals surface area contributed by atoms with E-state index in [-0.39, 0.29) is 11.6 Å². The van der Waals surface area contributed by atoms with Crippen LogP contribution in [0.4, 0.5) is 4.39 Å². The normalized spacial score (nSPS) is 10.3. The zero-order chi connectivity index (χ0) is 14.0. The zero-order valence-electron chi connectivity index (χ0n) is 10.5. The molecule has 0 unspecified atom stereocenters. The van der Waals surface area contributed by atoms with Gasteiger partial charge in [0, 0.05) is 5.56 Å². The van der Waals surface area contributed by atoms with E-state index < -0.39 is 0 Å². The van der Waals surface area contributed by atoms with E-state index >= 15 is 0 Å². The molecule has 0 amide bonds. The third-order valence-corrected chi connectivity index (χ3v) is 2.99. The van der Waals surface area contributed by atoms with Gasteiger partial charge in [0.25, 0.3) is 0 Å². The van der Waals surface area contributed by atoms with Crippen LogP contribution in [0, 0.1) is 12.7 Å². The van der Waals surface area contributed by atoms with Gasteiger partial charge in [-0.1, -0.05) is 11.6 Å². The van der Waals surface area contributed by atoms with E-state index in [2.05, 4.69) is 0 Å². The predicted octanol–water partition coefficient (Wildman–Crippen LogP) is 4.78. The van der Waals surface area contributed by atoms with E-state index in [4.69, 9.17) is 16.3 Å². The van der Waals surface area contributed by atoms with Crippen molar-refractivity contribution in [1.82, 2.24) is 0 Å². The fraction of sp³-hybridized carbons (Fsp3) is 0.133. The first-order chi connectivity index (χ1) is 8.97. The molecule has 98 valence electrons. The third kappa shape index (κ3) is 3.12. The molecule has 0 radical (unpaired) electrons. The second-order valence-corrected chi connectivity index (χ2v) is 4.62. The van der Waals surface area contributed by atoms with Crippen LogP contribution in [0.25, 0.3) is 0 Å². The highest BCUT2D eigenvalue weighted by Gasteiger charge is 2.08. The quantitative estimate of drug-likeness (QED) is 0.755. The first-order valence-electron chi connectivity index (χ1n) is 5.72. The number of hydrogen-bond donors (Lipinski definition) is 0. The number of halogens is 2. The van der Waals surface area contributed by atoms with E-state index in [9.17, 15) is 9.18 Å². The lowest BCUT2D eigenvalue weighted by Crippen LogP contribution is -1.93. The van der Waals surface area contributed by atoms with Gasteiger partial charge in [-0.2, -0.15) is 0 Å². The van der Waals surface area contributed by atoms with Crippen LogP contribution in [0.5, 0.6) is 11.5 Å². The first kappa shape index (κ1) is 13.6. The Bertz CT molecular complexity index is 638. The standard InChI is InChI=1S/C15H12ClFO2/c1-9-7-12(4-5-14(9)17)19-15-6-3-11(10(2)18)8-13(15)16/h3-8H,1-2H3. The molecule has 0 saturated heterocycles. The van der Waals surface area contributed by atoms with Crippen LogP contribution in [-0.2, 0) is 0 Å². The van der Waals surface area contributed by atoms with Crippen LogP contribution < -0.4 is 4.74 Å². The van der Waals surface area contributed by atoms with Crippen molar-refractivity contribution in [2.75, 3.05) is 0 Å². The van der Waals surface area contributed by atoms with Gasteiger partial charge in [0.2, 0.25) is 0 Å². The maximum absolute atomic E-state index is 13.1. The molecule has 2 nitrogen and oxygen atoms in total. The van der Waals surface area contributed by atoms with Gasteiger partial charge in [0.05, 0.1) is 5.02 Å². The highest BCUT2D eigenvalue weighted by Crippen LogP contribution is 2.30. The Hall–Kier alpha value is -1.87. The molecule has 0 aliphatic heterocycles. The summed E-state index contributed by atoms with van der Waals surface area (Å²) in [5.74, 6) is 0.575. The van der Waals surface area contributed by atoms with Crippen LogP contribution >= 0.6 is 11.6 Å². The van der Waals surface area contributed by atoms with Crippen molar-refractivity contribution in [2.24, 2.45) is 0 Å². The molecular formula is C15H12ClFO2. The summed E-state index contributed by atoms with van der Waals surface area (Å²) in [6, 6.07) is 9.26. The summed E-state index contributed by atoms with van der Waals surface area (Å²) in [5, 5.41) is 0.342. The molecule has 0 heterocycles. The summed E-state index contributed by atoms with van der Waals surface area (Å²) >= 11 is 6.04. The van der Waals surface area contributed by atoms with Crippen molar-refractivity contribution in [3.05, 3.63) is 58.4 Å². The fourth-order valence-electron chi connectivity index (χ4n) is 1.61. The summed E-state index contributed by atoms with van der Waals surface area (Å²) in [4.78, 5) is 11.2. The van der Waals surface area contributed by atoms with Crippen molar-refractivity contribution < 1.29 is 13.9 Å². The van der Waals surface area contributed by atoms with Gasteiger partial charge in [-0.05, 0) is 55.8 Å². The number of rotatable bonds is 3. The number of carbonyl (C=O) groups excluding carboxylic acids is 1. The highest BCUT2D eigenvalue weighted by molar-refractivity contribution is 6.32. The highest BCUT2D eigenvalue weighted by atomic mass is 35.5. The van der Waals surface area contributed by atoms with Gasteiger partial charge in [0.15, 0.2) is 5.78 Å². The number of ether oxygens (including phenoxy) is 1. The molecule has 4 heteroatoms. The van der Waals surface area contributed by atoms with Crippen LogP contribution in [0.2, 0.25) is 5.02 Å². The Morgan fingerprint density at radius 2 is 1.95 bits per heavy atom. The largest absolute Gasteiger partial charge is 0.456 e. The zero-order valence-corrected chi connectivity index (χ0v) is 11.3. The Kier molecular flexibility index (Phi) is 3.86. The monoisotopic (exact) mass is 278 g/mol. The molecule has 0 aliphatic carbocycles. The number of hydrogen-bond acceptors (Lipinski definition) is 2. The number of aryl methyl sites for hydroxylation is 1. The molecule has 2 aromatic rings.